The number of Topliss-reactive ketones (excluding diaryl/α,β-unsaturated/α-hetero) is 1. The van der Waals surface area contributed by atoms with Crippen molar-refractivity contribution in [3.8, 4) is 11.5 Å². The Kier molecular flexibility index (Phi) is 7.87. The van der Waals surface area contributed by atoms with Crippen molar-refractivity contribution in [1.82, 2.24) is 0 Å². The number of carbonyl (C=O) groups excluding carboxylic acids is 3. The van der Waals surface area contributed by atoms with Gasteiger partial charge in [-0.25, -0.2) is 0 Å². The number of aliphatic hydroxyl groups is 1. The van der Waals surface area contributed by atoms with Gasteiger partial charge in [0.05, 0.1) is 18.2 Å². The van der Waals surface area contributed by atoms with Crippen molar-refractivity contribution in [3.63, 3.8) is 0 Å². The highest BCUT2D eigenvalue weighted by atomic mass is 16.5. The summed E-state index contributed by atoms with van der Waals surface area (Å²) in [5.41, 5.74) is 3.92. The predicted molar refractivity (Wildman–Crippen MR) is 155 cm³/mol. The molecule has 0 bridgehead atoms. The van der Waals surface area contributed by atoms with Crippen molar-refractivity contribution < 1.29 is 29.0 Å². The molecule has 3 aromatic rings. The Bertz CT molecular complexity index is 1530. The van der Waals surface area contributed by atoms with Crippen LogP contribution in [0.1, 0.15) is 68.5 Å². The van der Waals surface area contributed by atoms with Gasteiger partial charge in [-0.3, -0.25) is 19.3 Å². The molecular formula is C33H35NO6. The van der Waals surface area contributed by atoms with E-state index in [0.717, 1.165) is 16.7 Å². The normalized spacial score (nSPS) is 16.8. The van der Waals surface area contributed by atoms with E-state index in [1.165, 1.54) is 11.8 Å². The molecule has 0 aromatic heterocycles. The highest BCUT2D eigenvalue weighted by Gasteiger charge is 2.47. The number of nitrogens with zero attached hydrogens (tertiary/aromatic N) is 1. The van der Waals surface area contributed by atoms with Crippen molar-refractivity contribution in [2.24, 2.45) is 0 Å². The number of ketones is 1. The van der Waals surface area contributed by atoms with Crippen LogP contribution in [-0.4, -0.2) is 29.4 Å². The molecule has 1 aliphatic rings. The first-order chi connectivity index (χ1) is 18.8. The number of anilines is 1. The zero-order valence-corrected chi connectivity index (χ0v) is 24.0. The van der Waals surface area contributed by atoms with Crippen LogP contribution >= 0.6 is 0 Å². The van der Waals surface area contributed by atoms with E-state index in [2.05, 4.69) is 0 Å². The van der Waals surface area contributed by atoms with Crippen molar-refractivity contribution in [3.05, 3.63) is 94.1 Å². The number of hydrogen-bond acceptors (Lipinski definition) is 6. The molecule has 0 spiro atoms. The minimum Gasteiger partial charge on any atom is -0.507 e. The average Bonchev–Trinajstić information content (AvgIpc) is 3.15. The lowest BCUT2D eigenvalue weighted by atomic mass is 9.84. The first kappa shape index (κ1) is 28.6. The summed E-state index contributed by atoms with van der Waals surface area (Å²) >= 11 is 0. The van der Waals surface area contributed by atoms with Crippen LogP contribution in [0.3, 0.4) is 0 Å². The molecule has 1 saturated heterocycles. The van der Waals surface area contributed by atoms with Crippen molar-refractivity contribution >= 4 is 29.1 Å². The molecule has 7 heteroatoms. The van der Waals surface area contributed by atoms with Gasteiger partial charge in [0.2, 0.25) is 0 Å². The molecule has 1 unspecified atom stereocenters. The van der Waals surface area contributed by atoms with E-state index in [1.807, 2.05) is 53.7 Å². The molecule has 1 heterocycles. The van der Waals surface area contributed by atoms with Gasteiger partial charge in [-0.05, 0) is 85.3 Å². The predicted octanol–water partition coefficient (Wildman–Crippen LogP) is 6.55. The molecule has 208 valence electrons. The number of rotatable bonds is 6. The summed E-state index contributed by atoms with van der Waals surface area (Å²) in [5.74, 6) is -1.38. The maximum atomic E-state index is 13.6. The third-order valence-electron chi connectivity index (χ3n) is 7.01. The van der Waals surface area contributed by atoms with Crippen LogP contribution in [0.2, 0.25) is 0 Å². The number of hydrogen-bond donors (Lipinski definition) is 1. The number of benzene rings is 3. The van der Waals surface area contributed by atoms with Crippen LogP contribution in [0.5, 0.6) is 11.5 Å². The SMILES string of the molecule is CCOc1ccc(/C(O)=C2\C(=O)C(=O)N(c3ccc(C)c(C)c3)C2c2cccc(OC(C)=O)c2)cc1C(C)(C)C. The van der Waals surface area contributed by atoms with Crippen molar-refractivity contribution in [2.45, 2.75) is 59.9 Å². The molecular weight excluding hydrogens is 506 g/mol. The van der Waals surface area contributed by atoms with E-state index in [4.69, 9.17) is 9.47 Å². The van der Waals surface area contributed by atoms with E-state index in [1.54, 1.807) is 48.5 Å². The second kappa shape index (κ2) is 11.0. The highest BCUT2D eigenvalue weighted by molar-refractivity contribution is 6.51. The summed E-state index contributed by atoms with van der Waals surface area (Å²) < 4.78 is 11.1. The van der Waals surface area contributed by atoms with Crippen molar-refractivity contribution in [1.29, 1.82) is 0 Å². The highest BCUT2D eigenvalue weighted by Crippen LogP contribution is 2.44. The second-order valence-electron chi connectivity index (χ2n) is 11.0. The molecule has 0 aliphatic carbocycles. The third kappa shape index (κ3) is 5.50. The van der Waals surface area contributed by atoms with Gasteiger partial charge in [0.15, 0.2) is 0 Å². The Morgan fingerprint density at radius 1 is 0.975 bits per heavy atom. The summed E-state index contributed by atoms with van der Waals surface area (Å²) in [6.45, 7) is 13.7. The quantitative estimate of drug-likeness (QED) is 0.125. The van der Waals surface area contributed by atoms with Gasteiger partial charge >= 0.3 is 5.97 Å². The van der Waals surface area contributed by atoms with Crippen LogP contribution < -0.4 is 14.4 Å². The molecule has 3 aromatic carbocycles. The third-order valence-corrected chi connectivity index (χ3v) is 7.01. The lowest BCUT2D eigenvalue weighted by molar-refractivity contribution is -0.132. The maximum Gasteiger partial charge on any atom is 0.308 e. The van der Waals surface area contributed by atoms with Gasteiger partial charge in [0.25, 0.3) is 11.7 Å². The van der Waals surface area contributed by atoms with Gasteiger partial charge in [0, 0.05) is 23.7 Å². The zero-order chi connectivity index (χ0) is 29.4. The number of esters is 1. The molecule has 1 fully saturated rings. The summed E-state index contributed by atoms with van der Waals surface area (Å²) in [5, 5.41) is 11.7. The first-order valence-corrected chi connectivity index (χ1v) is 13.3. The van der Waals surface area contributed by atoms with E-state index >= 15 is 0 Å². The van der Waals surface area contributed by atoms with E-state index in [9.17, 15) is 19.5 Å². The van der Waals surface area contributed by atoms with Crippen LogP contribution in [0.25, 0.3) is 5.76 Å². The average molecular weight is 542 g/mol. The Morgan fingerprint density at radius 2 is 1.70 bits per heavy atom. The van der Waals surface area contributed by atoms with Gasteiger partial charge in [0.1, 0.15) is 17.3 Å². The standard InChI is InChI=1S/C33H35NO6/c1-8-39-27-15-13-23(18-26(27)33(5,6)7)30(36)28-29(22-10-9-11-25(17-22)40-21(4)35)34(32(38)31(28)37)24-14-12-19(2)20(3)16-24/h9-18,29,36H,8H2,1-7H3/b30-28+. The van der Waals surface area contributed by atoms with Gasteiger partial charge in [-0.1, -0.05) is 39.0 Å². The minimum atomic E-state index is -0.956. The fourth-order valence-electron chi connectivity index (χ4n) is 4.90. The summed E-state index contributed by atoms with van der Waals surface area (Å²) in [6, 6.07) is 16.5. The Morgan fingerprint density at radius 3 is 2.33 bits per heavy atom. The van der Waals surface area contributed by atoms with Crippen molar-refractivity contribution in [2.75, 3.05) is 11.5 Å². The smallest absolute Gasteiger partial charge is 0.308 e. The topological polar surface area (TPSA) is 93.1 Å². The monoisotopic (exact) mass is 541 g/mol. The summed E-state index contributed by atoms with van der Waals surface area (Å²) in [7, 11) is 0. The molecule has 0 radical (unpaired) electrons. The van der Waals surface area contributed by atoms with Gasteiger partial charge in [-0.2, -0.15) is 0 Å². The molecule has 0 saturated carbocycles. The van der Waals surface area contributed by atoms with Gasteiger partial charge < -0.3 is 14.6 Å². The molecule has 7 nitrogen and oxygen atoms in total. The van der Waals surface area contributed by atoms with Crippen LogP contribution in [0.4, 0.5) is 5.69 Å². The molecule has 1 amide bonds. The van der Waals surface area contributed by atoms with Crippen LogP contribution in [0.15, 0.2) is 66.2 Å². The van der Waals surface area contributed by atoms with Crippen LogP contribution in [0, 0.1) is 13.8 Å². The summed E-state index contributed by atoms with van der Waals surface area (Å²) in [6.07, 6.45) is 0. The Labute approximate surface area is 235 Å². The minimum absolute atomic E-state index is 0.0489. The Balaban J connectivity index is 1.97. The molecule has 4 rings (SSSR count). The van der Waals surface area contributed by atoms with E-state index < -0.39 is 23.7 Å². The zero-order valence-electron chi connectivity index (χ0n) is 24.0. The lowest BCUT2D eigenvalue weighted by Gasteiger charge is -2.27. The van der Waals surface area contributed by atoms with E-state index in [-0.39, 0.29) is 22.5 Å². The number of amides is 1. The van der Waals surface area contributed by atoms with Gasteiger partial charge in [-0.15, -0.1) is 0 Å². The number of ether oxygens (including phenoxy) is 2. The fraction of sp³-hybridized carbons (Fsp3) is 0.303. The van der Waals surface area contributed by atoms with Crippen LogP contribution in [-0.2, 0) is 19.8 Å². The second-order valence-corrected chi connectivity index (χ2v) is 11.0. The maximum absolute atomic E-state index is 13.6. The van der Waals surface area contributed by atoms with E-state index in [0.29, 0.717) is 29.2 Å². The Hall–Kier alpha value is -4.39. The largest absolute Gasteiger partial charge is 0.507 e. The summed E-state index contributed by atoms with van der Waals surface area (Å²) in [4.78, 5) is 40.3. The molecule has 1 N–H and O–H groups in total. The fourth-order valence-corrected chi connectivity index (χ4v) is 4.90. The number of aliphatic hydroxyl groups excluding tert-OH is 1. The first-order valence-electron chi connectivity index (χ1n) is 13.3. The molecule has 40 heavy (non-hydrogen) atoms. The molecule has 1 aliphatic heterocycles. The molecule has 1 atom stereocenters. The number of aryl methyl sites for hydroxylation is 2. The number of carbonyl (C=O) groups is 3. The lowest BCUT2D eigenvalue weighted by Crippen LogP contribution is -2.29.